The molecule has 3 heterocycles. The van der Waals surface area contributed by atoms with E-state index >= 15 is 0 Å². The average Bonchev–Trinajstić information content (AvgIpc) is 3.39. The van der Waals surface area contributed by atoms with Crippen molar-refractivity contribution in [1.82, 2.24) is 25.6 Å². The van der Waals surface area contributed by atoms with Gasteiger partial charge in [-0.3, -0.25) is 23.9 Å². The molecule has 1 saturated carbocycles. The van der Waals surface area contributed by atoms with Crippen LogP contribution in [0, 0.1) is 5.92 Å². The van der Waals surface area contributed by atoms with Crippen molar-refractivity contribution >= 4 is 51.3 Å². The van der Waals surface area contributed by atoms with Crippen LogP contribution in [0.15, 0.2) is 53.0 Å². The quantitative estimate of drug-likeness (QED) is 0.271. The van der Waals surface area contributed by atoms with Crippen molar-refractivity contribution in [2.45, 2.75) is 121 Å². The molecule has 2 aromatic rings. The van der Waals surface area contributed by atoms with Crippen LogP contribution in [0.25, 0.3) is 11.3 Å². The summed E-state index contributed by atoms with van der Waals surface area (Å²) < 4.78 is 39.3. The number of allylic oxidation sites excluding steroid dienone is 1. The monoisotopic (exact) mass is 787 g/mol. The predicted molar refractivity (Wildman–Crippen MR) is 202 cm³/mol. The van der Waals surface area contributed by atoms with Crippen molar-refractivity contribution in [3.05, 3.63) is 59.3 Å². The Morgan fingerprint density at radius 2 is 1.80 bits per heavy atom. The van der Waals surface area contributed by atoms with Gasteiger partial charge in [0.2, 0.25) is 21.8 Å². The van der Waals surface area contributed by atoms with Gasteiger partial charge in [-0.05, 0) is 103 Å². The van der Waals surface area contributed by atoms with Gasteiger partial charge in [-0.25, -0.2) is 13.2 Å². The molecular formula is C38H50ClN5O9S. The molecule has 1 aromatic carbocycles. The fourth-order valence-electron chi connectivity index (χ4n) is 6.70. The number of amides is 5. The maximum Gasteiger partial charge on any atom is 0.408 e. The van der Waals surface area contributed by atoms with E-state index in [2.05, 4.69) is 20.7 Å². The van der Waals surface area contributed by atoms with Crippen LogP contribution < -0.4 is 20.7 Å². The van der Waals surface area contributed by atoms with Crippen molar-refractivity contribution in [3.63, 3.8) is 0 Å². The number of carbonyl (C=O) groups excluding carboxylic acids is 5. The van der Waals surface area contributed by atoms with E-state index in [1.54, 1.807) is 58.0 Å². The van der Waals surface area contributed by atoms with E-state index in [4.69, 9.17) is 20.8 Å². The minimum atomic E-state index is -4.03. The van der Waals surface area contributed by atoms with Gasteiger partial charge in [-0.1, -0.05) is 43.5 Å². The van der Waals surface area contributed by atoms with Gasteiger partial charge in [0.15, 0.2) is 5.76 Å². The standard InChI is InChI=1S/C38H50ClN5O9S/c1-6-23(2)54(50,51)43-35(48)38-21-25(38)12-10-8-7-9-11-13-28(41-36(49)53-37(3,4)5)34(47)44-22-27(20-29(44)32(45)42-38)40-33(46)31-19-18-30(52-31)24-14-16-26(39)17-15-24/h10,12,14-19,23,25,27-29H,6-9,11,13,20-22H2,1-5H3,(H,40,46)(H,41,49)(H,42,45)(H,43,48)/b12-10-/t23?,25-,27-,28+,29+,38-/m1/s1. The summed E-state index contributed by atoms with van der Waals surface area (Å²) in [5, 5.41) is 8.08. The number of rotatable bonds is 8. The van der Waals surface area contributed by atoms with Crippen LogP contribution in [0.2, 0.25) is 5.02 Å². The molecule has 0 spiro atoms. The van der Waals surface area contributed by atoms with Gasteiger partial charge >= 0.3 is 6.09 Å². The second-order valence-corrected chi connectivity index (χ2v) is 17.8. The molecule has 3 aliphatic rings. The molecular weight excluding hydrogens is 738 g/mol. The molecule has 0 bridgehead atoms. The van der Waals surface area contributed by atoms with Crippen molar-refractivity contribution in [3.8, 4) is 11.3 Å². The summed E-state index contributed by atoms with van der Waals surface area (Å²) in [4.78, 5) is 70.0. The highest BCUT2D eigenvalue weighted by Crippen LogP contribution is 2.46. The van der Waals surface area contributed by atoms with E-state index < -0.39 is 80.2 Å². The normalized spacial score (nSPS) is 26.1. The van der Waals surface area contributed by atoms with Crippen LogP contribution >= 0.6 is 11.6 Å². The average molecular weight is 788 g/mol. The van der Waals surface area contributed by atoms with E-state index in [-0.39, 0.29) is 38.0 Å². The molecule has 1 unspecified atom stereocenters. The summed E-state index contributed by atoms with van der Waals surface area (Å²) in [5.74, 6) is -2.70. The van der Waals surface area contributed by atoms with Crippen LogP contribution in [0.1, 0.15) is 96.5 Å². The Morgan fingerprint density at radius 1 is 1.07 bits per heavy atom. The molecule has 1 aliphatic carbocycles. The molecule has 1 aromatic heterocycles. The lowest BCUT2D eigenvalue weighted by atomic mass is 10.0. The number of nitrogens with zero attached hydrogens (tertiary/aromatic N) is 1. The molecule has 1 saturated heterocycles. The molecule has 2 aliphatic heterocycles. The first-order valence-corrected chi connectivity index (χ1v) is 20.4. The molecule has 5 rings (SSSR count). The number of alkyl carbamates (subject to hydrolysis) is 1. The van der Waals surface area contributed by atoms with Gasteiger partial charge in [-0.15, -0.1) is 0 Å². The van der Waals surface area contributed by atoms with Crippen molar-refractivity contribution in [2.75, 3.05) is 6.54 Å². The maximum absolute atomic E-state index is 14.4. The van der Waals surface area contributed by atoms with Crippen LogP contribution in [0.5, 0.6) is 0 Å². The summed E-state index contributed by atoms with van der Waals surface area (Å²) in [6.45, 7) is 8.20. The van der Waals surface area contributed by atoms with Gasteiger partial charge in [0.25, 0.3) is 11.8 Å². The van der Waals surface area contributed by atoms with Crippen LogP contribution in [-0.2, 0) is 29.1 Å². The fourth-order valence-corrected chi connectivity index (χ4v) is 7.91. The number of sulfonamides is 1. The number of halogens is 1. The molecule has 5 amide bonds. The third kappa shape index (κ3) is 9.83. The highest BCUT2D eigenvalue weighted by Gasteiger charge is 2.61. The molecule has 294 valence electrons. The van der Waals surface area contributed by atoms with Crippen molar-refractivity contribution < 1.29 is 41.5 Å². The number of fused-ring (bicyclic) bond motifs is 2. The second kappa shape index (κ2) is 16.6. The Kier molecular flexibility index (Phi) is 12.5. The van der Waals surface area contributed by atoms with E-state index in [0.717, 1.165) is 12.8 Å². The molecule has 16 heteroatoms. The fraction of sp³-hybridized carbons (Fsp3) is 0.553. The number of ether oxygens (including phenoxy) is 1. The Hall–Kier alpha value is -4.37. The zero-order valence-electron chi connectivity index (χ0n) is 31.3. The lowest BCUT2D eigenvalue weighted by molar-refractivity contribution is -0.141. The molecule has 6 atom stereocenters. The largest absolute Gasteiger partial charge is 0.451 e. The van der Waals surface area contributed by atoms with E-state index in [9.17, 15) is 32.4 Å². The van der Waals surface area contributed by atoms with Crippen molar-refractivity contribution in [1.29, 1.82) is 0 Å². The number of nitrogens with one attached hydrogen (secondary N) is 4. The van der Waals surface area contributed by atoms with Crippen molar-refractivity contribution in [2.24, 2.45) is 5.92 Å². The second-order valence-electron chi connectivity index (χ2n) is 15.3. The van der Waals surface area contributed by atoms with Gasteiger partial charge < -0.3 is 30.0 Å². The highest BCUT2D eigenvalue weighted by atomic mass is 35.5. The lowest BCUT2D eigenvalue weighted by Crippen LogP contribution is -2.58. The maximum atomic E-state index is 14.4. The first-order chi connectivity index (χ1) is 25.4. The topological polar surface area (TPSA) is 193 Å². The summed E-state index contributed by atoms with van der Waals surface area (Å²) in [6.07, 6.45) is 6.36. The molecule has 14 nitrogen and oxygen atoms in total. The SMILES string of the molecule is CCC(C)S(=O)(=O)NC(=O)[C@@]12C[C@H]1/C=C\CCCCC[C@H](NC(=O)OC(C)(C)C)C(=O)N1C[C@H](NC(=O)c3ccc(-c4ccc(Cl)cc4)o3)C[C@H]1C(=O)N2. The zero-order valence-corrected chi connectivity index (χ0v) is 32.8. The summed E-state index contributed by atoms with van der Waals surface area (Å²) in [5.41, 5.74) is -1.69. The predicted octanol–water partition coefficient (Wildman–Crippen LogP) is 4.83. The highest BCUT2D eigenvalue weighted by molar-refractivity contribution is 7.90. The van der Waals surface area contributed by atoms with Gasteiger partial charge in [0, 0.05) is 29.1 Å². The van der Waals surface area contributed by atoms with Gasteiger partial charge in [-0.2, -0.15) is 0 Å². The third-order valence-corrected chi connectivity index (χ3v) is 12.1. The molecule has 54 heavy (non-hydrogen) atoms. The molecule has 4 N–H and O–H groups in total. The lowest BCUT2D eigenvalue weighted by Gasteiger charge is -2.30. The number of benzene rings is 1. The van der Waals surface area contributed by atoms with Crippen LogP contribution in [-0.4, -0.2) is 84.1 Å². The van der Waals surface area contributed by atoms with E-state index in [1.165, 1.54) is 17.9 Å². The number of furan rings is 1. The summed E-state index contributed by atoms with van der Waals surface area (Å²) in [6, 6.07) is 7.10. The zero-order chi connectivity index (χ0) is 39.4. The minimum absolute atomic E-state index is 0.00963. The summed E-state index contributed by atoms with van der Waals surface area (Å²) >= 11 is 6.01. The summed E-state index contributed by atoms with van der Waals surface area (Å²) in [7, 11) is -4.03. The molecule has 0 radical (unpaired) electrons. The van der Waals surface area contributed by atoms with E-state index in [0.29, 0.717) is 29.2 Å². The first-order valence-electron chi connectivity index (χ1n) is 18.4. The van der Waals surface area contributed by atoms with Crippen LogP contribution in [0.4, 0.5) is 4.79 Å². The Bertz CT molecular complexity index is 1870. The van der Waals surface area contributed by atoms with Gasteiger partial charge in [0.1, 0.15) is 29.0 Å². The Labute approximate surface area is 321 Å². The number of carbonyl (C=O) groups is 5. The molecule has 2 fully saturated rings. The minimum Gasteiger partial charge on any atom is -0.451 e. The third-order valence-electron chi connectivity index (χ3n) is 10.0. The Morgan fingerprint density at radius 3 is 2.48 bits per heavy atom. The van der Waals surface area contributed by atoms with Crippen LogP contribution in [0.3, 0.4) is 0 Å². The number of hydrogen-bond acceptors (Lipinski definition) is 9. The number of hydrogen-bond donors (Lipinski definition) is 4. The smallest absolute Gasteiger partial charge is 0.408 e. The Balaban J connectivity index is 1.42. The van der Waals surface area contributed by atoms with Gasteiger partial charge in [0.05, 0.1) is 5.25 Å². The van der Waals surface area contributed by atoms with E-state index in [1.807, 2.05) is 12.2 Å². The first kappa shape index (κ1) is 40.8.